The number of benzene rings is 2. The second-order valence-electron chi connectivity index (χ2n) is 4.73. The zero-order chi connectivity index (χ0) is 15.4. The maximum absolute atomic E-state index is 13.7. The first kappa shape index (κ1) is 15.5. The van der Waals surface area contributed by atoms with Gasteiger partial charge >= 0.3 is 0 Å². The van der Waals surface area contributed by atoms with E-state index in [0.29, 0.717) is 12.1 Å². The highest BCUT2D eigenvalue weighted by molar-refractivity contribution is 5.26. The van der Waals surface area contributed by atoms with Crippen molar-refractivity contribution >= 4 is 0 Å². The average molecular weight is 297 g/mol. The van der Waals surface area contributed by atoms with E-state index >= 15 is 0 Å². The van der Waals surface area contributed by atoms with Gasteiger partial charge in [-0.3, -0.25) is 0 Å². The molecule has 0 aliphatic carbocycles. The van der Waals surface area contributed by atoms with Gasteiger partial charge in [0.05, 0.1) is 0 Å². The molecule has 1 unspecified atom stereocenters. The van der Waals surface area contributed by atoms with Gasteiger partial charge < -0.3 is 5.32 Å². The second-order valence-corrected chi connectivity index (χ2v) is 4.73. The Morgan fingerprint density at radius 3 is 2.29 bits per heavy atom. The van der Waals surface area contributed by atoms with Crippen molar-refractivity contribution < 1.29 is 17.6 Å². The predicted octanol–water partition coefficient (Wildman–Crippen LogP) is 4.14. The van der Waals surface area contributed by atoms with Crippen LogP contribution in [0, 0.1) is 23.3 Å². The molecular weight excluding hydrogens is 282 g/mol. The van der Waals surface area contributed by atoms with Gasteiger partial charge in [0.15, 0.2) is 11.6 Å². The number of hydrogen-bond donors (Lipinski definition) is 1. The summed E-state index contributed by atoms with van der Waals surface area (Å²) in [6.45, 7) is 2.35. The number of rotatable bonds is 5. The molecule has 0 amide bonds. The molecule has 2 rings (SSSR count). The van der Waals surface area contributed by atoms with E-state index in [4.69, 9.17) is 0 Å². The minimum Gasteiger partial charge on any atom is -0.310 e. The lowest BCUT2D eigenvalue weighted by Crippen LogP contribution is -2.23. The molecule has 1 nitrogen and oxygen atoms in total. The van der Waals surface area contributed by atoms with Gasteiger partial charge in [0.2, 0.25) is 0 Å². The maximum Gasteiger partial charge on any atom is 0.162 e. The molecule has 0 aromatic heterocycles. The Bertz CT molecular complexity index is 607. The van der Waals surface area contributed by atoms with Crippen molar-refractivity contribution in [3.8, 4) is 0 Å². The topological polar surface area (TPSA) is 12.0 Å². The lowest BCUT2D eigenvalue weighted by atomic mass is 9.98. The van der Waals surface area contributed by atoms with E-state index in [-0.39, 0.29) is 12.0 Å². The van der Waals surface area contributed by atoms with Crippen molar-refractivity contribution in [2.45, 2.75) is 19.4 Å². The fourth-order valence-corrected chi connectivity index (χ4v) is 2.26. The van der Waals surface area contributed by atoms with Crippen LogP contribution >= 0.6 is 0 Å². The minimum absolute atomic E-state index is 0.0975. The Balaban J connectivity index is 2.32. The van der Waals surface area contributed by atoms with Crippen LogP contribution in [0.25, 0.3) is 0 Å². The first-order valence-corrected chi connectivity index (χ1v) is 6.63. The van der Waals surface area contributed by atoms with Crippen LogP contribution in [0.1, 0.15) is 24.1 Å². The second kappa shape index (κ2) is 6.72. The van der Waals surface area contributed by atoms with Gasteiger partial charge in [-0.1, -0.05) is 19.1 Å². The zero-order valence-corrected chi connectivity index (χ0v) is 11.5. The molecule has 0 radical (unpaired) electrons. The molecule has 0 bridgehead atoms. The molecule has 1 N–H and O–H groups in total. The van der Waals surface area contributed by atoms with Crippen LogP contribution in [-0.2, 0) is 6.42 Å². The number of halogens is 4. The van der Waals surface area contributed by atoms with E-state index in [1.807, 2.05) is 6.92 Å². The molecule has 2 aromatic rings. The van der Waals surface area contributed by atoms with Crippen molar-refractivity contribution in [2.75, 3.05) is 6.54 Å². The molecule has 112 valence electrons. The highest BCUT2D eigenvalue weighted by atomic mass is 19.2. The summed E-state index contributed by atoms with van der Waals surface area (Å²) in [4.78, 5) is 0. The van der Waals surface area contributed by atoms with Gasteiger partial charge in [-0.15, -0.1) is 0 Å². The molecular formula is C16H15F4N. The normalized spacial score (nSPS) is 12.4. The van der Waals surface area contributed by atoms with Crippen LogP contribution in [0.5, 0.6) is 0 Å². The van der Waals surface area contributed by atoms with Crippen LogP contribution in [0.3, 0.4) is 0 Å². The largest absolute Gasteiger partial charge is 0.310 e. The molecule has 0 aliphatic heterocycles. The van der Waals surface area contributed by atoms with E-state index in [2.05, 4.69) is 5.32 Å². The molecule has 0 heterocycles. The van der Waals surface area contributed by atoms with E-state index in [1.165, 1.54) is 24.3 Å². The first-order valence-electron chi connectivity index (χ1n) is 6.63. The Morgan fingerprint density at radius 1 is 1.00 bits per heavy atom. The fourth-order valence-electron chi connectivity index (χ4n) is 2.26. The highest BCUT2D eigenvalue weighted by Crippen LogP contribution is 2.23. The van der Waals surface area contributed by atoms with Crippen LogP contribution in [-0.4, -0.2) is 6.54 Å². The molecule has 1 atom stereocenters. The van der Waals surface area contributed by atoms with Crippen molar-refractivity contribution in [1.29, 1.82) is 0 Å². The zero-order valence-electron chi connectivity index (χ0n) is 11.5. The van der Waals surface area contributed by atoms with Crippen molar-refractivity contribution in [2.24, 2.45) is 0 Å². The van der Waals surface area contributed by atoms with Gasteiger partial charge in [0.1, 0.15) is 11.6 Å². The summed E-state index contributed by atoms with van der Waals surface area (Å²) in [6, 6.07) is 6.54. The van der Waals surface area contributed by atoms with Crippen LogP contribution < -0.4 is 5.32 Å². The van der Waals surface area contributed by atoms with Crippen molar-refractivity contribution in [3.05, 3.63) is 70.8 Å². The molecule has 0 fully saturated rings. The standard InChI is InChI=1S/C16H15F4N/c1-2-21-15(11-6-12(17)9-13(18)7-11)8-10-4-3-5-14(19)16(10)20/h3-7,9,15,21H,2,8H2,1H3. The smallest absolute Gasteiger partial charge is 0.162 e. The van der Waals surface area contributed by atoms with Crippen molar-refractivity contribution in [1.82, 2.24) is 5.32 Å². The Hall–Kier alpha value is -1.88. The van der Waals surface area contributed by atoms with Gasteiger partial charge in [-0.25, -0.2) is 17.6 Å². The minimum atomic E-state index is -0.937. The summed E-state index contributed by atoms with van der Waals surface area (Å²) in [5.41, 5.74) is 0.517. The van der Waals surface area contributed by atoms with E-state index in [1.54, 1.807) is 0 Å². The fraction of sp³-hybridized carbons (Fsp3) is 0.250. The average Bonchev–Trinajstić information content (AvgIpc) is 2.42. The summed E-state index contributed by atoms with van der Waals surface area (Å²) < 4.78 is 53.6. The number of hydrogen-bond acceptors (Lipinski definition) is 1. The predicted molar refractivity (Wildman–Crippen MR) is 72.8 cm³/mol. The molecule has 0 spiro atoms. The van der Waals surface area contributed by atoms with Crippen LogP contribution in [0.4, 0.5) is 17.6 Å². The third-order valence-electron chi connectivity index (χ3n) is 3.19. The van der Waals surface area contributed by atoms with Crippen molar-refractivity contribution in [3.63, 3.8) is 0 Å². The summed E-state index contributed by atoms with van der Waals surface area (Å²) in [7, 11) is 0. The lowest BCUT2D eigenvalue weighted by molar-refractivity contribution is 0.478. The number of likely N-dealkylation sites (N-methyl/N-ethyl adjacent to an activating group) is 1. The third-order valence-corrected chi connectivity index (χ3v) is 3.19. The van der Waals surface area contributed by atoms with Gasteiger partial charge in [0.25, 0.3) is 0 Å². The summed E-state index contributed by atoms with van der Waals surface area (Å²) in [5, 5.41) is 3.03. The van der Waals surface area contributed by atoms with Gasteiger partial charge in [-0.05, 0) is 42.3 Å². The van der Waals surface area contributed by atoms with Crippen LogP contribution in [0.15, 0.2) is 36.4 Å². The lowest BCUT2D eigenvalue weighted by Gasteiger charge is -2.19. The Kier molecular flexibility index (Phi) is 4.96. The SMILES string of the molecule is CCNC(Cc1cccc(F)c1F)c1cc(F)cc(F)c1. The highest BCUT2D eigenvalue weighted by Gasteiger charge is 2.17. The van der Waals surface area contributed by atoms with Gasteiger partial charge in [-0.2, -0.15) is 0 Å². The van der Waals surface area contributed by atoms with E-state index in [0.717, 1.165) is 12.1 Å². The van der Waals surface area contributed by atoms with Gasteiger partial charge in [0, 0.05) is 12.1 Å². The number of nitrogens with one attached hydrogen (secondary N) is 1. The maximum atomic E-state index is 13.7. The summed E-state index contributed by atoms with van der Waals surface area (Å²) in [6.07, 6.45) is 0.0975. The molecule has 0 saturated carbocycles. The molecule has 0 aliphatic rings. The summed E-state index contributed by atoms with van der Waals surface area (Å²) >= 11 is 0. The third kappa shape index (κ3) is 3.82. The van der Waals surface area contributed by atoms with E-state index < -0.39 is 29.3 Å². The Labute approximate surface area is 120 Å². The first-order chi connectivity index (χ1) is 10.0. The molecule has 21 heavy (non-hydrogen) atoms. The molecule has 5 heteroatoms. The quantitative estimate of drug-likeness (QED) is 0.818. The Morgan fingerprint density at radius 2 is 1.67 bits per heavy atom. The monoisotopic (exact) mass is 297 g/mol. The summed E-state index contributed by atoms with van der Waals surface area (Å²) in [5.74, 6) is -3.27. The van der Waals surface area contributed by atoms with Crippen LogP contribution in [0.2, 0.25) is 0 Å². The molecule has 2 aromatic carbocycles. The van der Waals surface area contributed by atoms with E-state index in [9.17, 15) is 17.6 Å². The molecule has 0 saturated heterocycles.